The number of hydrogen-bond acceptors (Lipinski definition) is 4. The summed E-state index contributed by atoms with van der Waals surface area (Å²) in [7, 11) is 0. The summed E-state index contributed by atoms with van der Waals surface area (Å²) in [4.78, 5) is 24.7. The summed E-state index contributed by atoms with van der Waals surface area (Å²) in [5, 5.41) is 2.93. The van der Waals surface area contributed by atoms with Gasteiger partial charge >= 0.3 is 5.97 Å². The highest BCUT2D eigenvalue weighted by atomic mass is 16.6. The van der Waals surface area contributed by atoms with Gasteiger partial charge in [0.15, 0.2) is 0 Å². The number of nitrogens with one attached hydrogen (secondary N) is 1. The second-order valence-corrected chi connectivity index (χ2v) is 7.19. The van der Waals surface area contributed by atoms with Crippen molar-refractivity contribution >= 4 is 17.6 Å². The van der Waals surface area contributed by atoms with Crippen LogP contribution in [0.5, 0.6) is 0 Å². The van der Waals surface area contributed by atoms with Gasteiger partial charge in [0.1, 0.15) is 5.60 Å². The highest BCUT2D eigenvalue weighted by Gasteiger charge is 2.56. The van der Waals surface area contributed by atoms with E-state index in [1.165, 1.54) is 0 Å². The smallest absolute Gasteiger partial charge is 0.307 e. The van der Waals surface area contributed by atoms with Crippen molar-refractivity contribution in [2.45, 2.75) is 51.2 Å². The molecule has 0 aromatic heterocycles. The average molecular weight is 317 g/mol. The third-order valence-electron chi connectivity index (χ3n) is 4.67. The number of benzene rings is 1. The lowest BCUT2D eigenvalue weighted by molar-refractivity contribution is -0.178. The lowest BCUT2D eigenvalue weighted by Crippen LogP contribution is -2.52. The van der Waals surface area contributed by atoms with Crippen LogP contribution < -0.4 is 5.32 Å². The first kappa shape index (κ1) is 16.0. The van der Waals surface area contributed by atoms with Gasteiger partial charge in [0, 0.05) is 18.5 Å². The molecule has 2 aliphatic rings. The van der Waals surface area contributed by atoms with Gasteiger partial charge in [-0.15, -0.1) is 0 Å². The lowest BCUT2D eigenvalue weighted by Gasteiger charge is -2.43. The molecule has 0 aliphatic carbocycles. The number of amides is 1. The summed E-state index contributed by atoms with van der Waals surface area (Å²) in [6, 6.07) is 7.63. The Bertz CT molecular complexity index is 640. The number of carbonyl (C=O) groups is 2. The van der Waals surface area contributed by atoms with Gasteiger partial charge in [0.25, 0.3) is 0 Å². The van der Waals surface area contributed by atoms with Crippen LogP contribution in [0.2, 0.25) is 0 Å². The Balaban J connectivity index is 1.82. The zero-order valence-corrected chi connectivity index (χ0v) is 13.8. The SMILES string of the molecule is Cc1cccc(NC(=O)[C@@H]2CC(=O)O[C@@]23CCOC(C)(C)C3)c1. The molecule has 0 radical (unpaired) electrons. The Kier molecular flexibility index (Phi) is 3.92. The van der Waals surface area contributed by atoms with Crippen molar-refractivity contribution in [3.8, 4) is 0 Å². The number of hydrogen-bond donors (Lipinski definition) is 1. The Morgan fingerprint density at radius 3 is 2.83 bits per heavy atom. The Morgan fingerprint density at radius 2 is 2.13 bits per heavy atom. The number of aryl methyl sites for hydroxylation is 1. The first-order valence-electron chi connectivity index (χ1n) is 8.03. The van der Waals surface area contributed by atoms with E-state index in [9.17, 15) is 9.59 Å². The van der Waals surface area contributed by atoms with Crippen molar-refractivity contribution < 1.29 is 19.1 Å². The molecule has 2 fully saturated rings. The number of anilines is 1. The van der Waals surface area contributed by atoms with Gasteiger partial charge in [-0.2, -0.15) is 0 Å². The molecule has 2 aliphatic heterocycles. The average Bonchev–Trinajstić information content (AvgIpc) is 2.73. The van der Waals surface area contributed by atoms with Crippen molar-refractivity contribution in [3.05, 3.63) is 29.8 Å². The molecule has 0 unspecified atom stereocenters. The maximum absolute atomic E-state index is 12.8. The largest absolute Gasteiger partial charge is 0.458 e. The molecule has 1 aromatic carbocycles. The first-order chi connectivity index (χ1) is 10.8. The van der Waals surface area contributed by atoms with Crippen LogP contribution >= 0.6 is 0 Å². The fraction of sp³-hybridized carbons (Fsp3) is 0.556. The predicted octanol–water partition coefficient (Wildman–Crippen LogP) is 2.82. The molecule has 2 atom stereocenters. The summed E-state index contributed by atoms with van der Waals surface area (Å²) < 4.78 is 11.4. The van der Waals surface area contributed by atoms with Crippen LogP contribution in [0.25, 0.3) is 0 Å². The molecule has 0 saturated carbocycles. The molecule has 3 rings (SSSR count). The maximum Gasteiger partial charge on any atom is 0.307 e. The van der Waals surface area contributed by atoms with Gasteiger partial charge in [-0.05, 0) is 38.5 Å². The van der Waals surface area contributed by atoms with Crippen LogP contribution in [-0.4, -0.2) is 29.7 Å². The van der Waals surface area contributed by atoms with Gasteiger partial charge in [0.2, 0.25) is 5.91 Å². The zero-order chi connectivity index (χ0) is 16.7. The molecule has 1 amide bonds. The van der Waals surface area contributed by atoms with Crippen LogP contribution in [-0.2, 0) is 19.1 Å². The molecule has 5 heteroatoms. The molecule has 1 aromatic rings. The topological polar surface area (TPSA) is 64.6 Å². The summed E-state index contributed by atoms with van der Waals surface area (Å²) in [6.45, 7) is 6.40. The van der Waals surface area contributed by atoms with Crippen LogP contribution in [0.1, 0.15) is 38.7 Å². The maximum atomic E-state index is 12.8. The minimum absolute atomic E-state index is 0.133. The summed E-state index contributed by atoms with van der Waals surface area (Å²) in [5.41, 5.74) is 0.677. The van der Waals surface area contributed by atoms with Crippen molar-refractivity contribution in [2.24, 2.45) is 5.92 Å². The molecule has 0 bridgehead atoms. The van der Waals surface area contributed by atoms with Gasteiger partial charge < -0.3 is 14.8 Å². The fourth-order valence-electron chi connectivity index (χ4n) is 3.72. The van der Waals surface area contributed by atoms with Crippen molar-refractivity contribution in [2.75, 3.05) is 11.9 Å². The minimum Gasteiger partial charge on any atom is -0.458 e. The second-order valence-electron chi connectivity index (χ2n) is 7.19. The number of rotatable bonds is 2. The van der Waals surface area contributed by atoms with Crippen LogP contribution in [0, 0.1) is 12.8 Å². The Hall–Kier alpha value is -1.88. The number of esters is 1. The van der Waals surface area contributed by atoms with Crippen LogP contribution in [0.3, 0.4) is 0 Å². The molecule has 124 valence electrons. The van der Waals surface area contributed by atoms with Crippen LogP contribution in [0.4, 0.5) is 5.69 Å². The second kappa shape index (κ2) is 5.64. The normalized spacial score (nSPS) is 29.3. The van der Waals surface area contributed by atoms with Gasteiger partial charge in [0.05, 0.1) is 24.5 Å². The zero-order valence-electron chi connectivity index (χ0n) is 13.8. The van der Waals surface area contributed by atoms with Gasteiger partial charge in [-0.1, -0.05) is 12.1 Å². The van der Waals surface area contributed by atoms with Crippen molar-refractivity contribution in [1.29, 1.82) is 0 Å². The molecule has 1 N–H and O–H groups in total. The van der Waals surface area contributed by atoms with E-state index in [2.05, 4.69) is 5.32 Å². The standard InChI is InChI=1S/C18H23NO4/c1-12-5-4-6-13(9-12)19-16(21)14-10-15(20)23-18(14)7-8-22-17(2,3)11-18/h4-6,9,14H,7-8,10-11H2,1-3H3,(H,19,21)/t14-,18+/m0/s1. The summed E-state index contributed by atoms with van der Waals surface area (Å²) in [5.74, 6) is -0.926. The summed E-state index contributed by atoms with van der Waals surface area (Å²) in [6.07, 6.45) is 1.24. The van der Waals surface area contributed by atoms with E-state index in [1.807, 2.05) is 45.0 Å². The highest BCUT2D eigenvalue weighted by Crippen LogP contribution is 2.45. The highest BCUT2D eigenvalue weighted by molar-refractivity contribution is 5.97. The fourth-order valence-corrected chi connectivity index (χ4v) is 3.72. The predicted molar refractivity (Wildman–Crippen MR) is 86.0 cm³/mol. The van der Waals surface area contributed by atoms with E-state index in [-0.39, 0.29) is 18.3 Å². The van der Waals surface area contributed by atoms with Gasteiger partial charge in [-0.3, -0.25) is 9.59 Å². The third kappa shape index (κ3) is 3.24. The molecule has 1 spiro atoms. The van der Waals surface area contributed by atoms with E-state index < -0.39 is 17.1 Å². The molecule has 2 heterocycles. The number of carbonyl (C=O) groups excluding carboxylic acids is 2. The van der Waals surface area contributed by atoms with Crippen LogP contribution in [0.15, 0.2) is 24.3 Å². The summed E-state index contributed by atoms with van der Waals surface area (Å²) >= 11 is 0. The quantitative estimate of drug-likeness (QED) is 0.852. The van der Waals surface area contributed by atoms with E-state index in [0.717, 1.165) is 11.3 Å². The monoisotopic (exact) mass is 317 g/mol. The molecule has 2 saturated heterocycles. The number of ether oxygens (including phenoxy) is 2. The molecule has 5 nitrogen and oxygen atoms in total. The van der Waals surface area contributed by atoms with E-state index in [0.29, 0.717) is 19.4 Å². The molecule has 23 heavy (non-hydrogen) atoms. The Labute approximate surface area is 136 Å². The molecular weight excluding hydrogens is 294 g/mol. The third-order valence-corrected chi connectivity index (χ3v) is 4.67. The molecular formula is C18H23NO4. The minimum atomic E-state index is -0.743. The van der Waals surface area contributed by atoms with Gasteiger partial charge in [-0.25, -0.2) is 0 Å². The van der Waals surface area contributed by atoms with E-state index in [4.69, 9.17) is 9.47 Å². The first-order valence-corrected chi connectivity index (χ1v) is 8.03. The van der Waals surface area contributed by atoms with E-state index >= 15 is 0 Å². The van der Waals surface area contributed by atoms with Crippen molar-refractivity contribution in [3.63, 3.8) is 0 Å². The van der Waals surface area contributed by atoms with Crippen molar-refractivity contribution in [1.82, 2.24) is 0 Å². The Morgan fingerprint density at radius 1 is 1.35 bits per heavy atom. The van der Waals surface area contributed by atoms with E-state index in [1.54, 1.807) is 0 Å². The lowest BCUT2D eigenvalue weighted by atomic mass is 9.75.